The lowest BCUT2D eigenvalue weighted by molar-refractivity contribution is -0.274. The molecule has 0 atom stereocenters. The van der Waals surface area contributed by atoms with E-state index >= 15 is 0 Å². The first-order chi connectivity index (χ1) is 6.96. The van der Waals surface area contributed by atoms with Gasteiger partial charge in [-0.1, -0.05) is 13.0 Å². The van der Waals surface area contributed by atoms with Gasteiger partial charge in [0.15, 0.2) is 0 Å². The van der Waals surface area contributed by atoms with Crippen LogP contribution in [0, 0.1) is 11.3 Å². The quantitative estimate of drug-likeness (QED) is 0.759. The van der Waals surface area contributed by atoms with Crippen molar-refractivity contribution in [3.8, 4) is 11.8 Å². The molecule has 0 amide bonds. The van der Waals surface area contributed by atoms with Gasteiger partial charge in [0.05, 0.1) is 11.6 Å². The number of aryl methyl sites for hydroxylation is 1. The van der Waals surface area contributed by atoms with Gasteiger partial charge < -0.3 is 4.74 Å². The first kappa shape index (κ1) is 11.4. The Hall–Kier alpha value is -1.70. The molecule has 0 spiro atoms. The van der Waals surface area contributed by atoms with Crippen molar-refractivity contribution >= 4 is 0 Å². The summed E-state index contributed by atoms with van der Waals surface area (Å²) >= 11 is 0. The molecule has 0 aliphatic rings. The van der Waals surface area contributed by atoms with Crippen LogP contribution in [-0.2, 0) is 6.42 Å². The Morgan fingerprint density at radius 3 is 2.53 bits per heavy atom. The second-order valence-corrected chi connectivity index (χ2v) is 2.83. The van der Waals surface area contributed by atoms with E-state index in [9.17, 15) is 13.2 Å². The molecular weight excluding hydrogens is 207 g/mol. The molecule has 0 fully saturated rings. The summed E-state index contributed by atoms with van der Waals surface area (Å²) in [6, 6.07) is 5.57. The van der Waals surface area contributed by atoms with Crippen molar-refractivity contribution in [3.05, 3.63) is 29.3 Å². The lowest BCUT2D eigenvalue weighted by atomic mass is 10.1. The third-order valence-electron chi connectivity index (χ3n) is 1.82. The highest BCUT2D eigenvalue weighted by Gasteiger charge is 2.31. The van der Waals surface area contributed by atoms with Crippen LogP contribution >= 0.6 is 0 Å². The van der Waals surface area contributed by atoms with Crippen LogP contribution in [0.25, 0.3) is 0 Å². The zero-order valence-electron chi connectivity index (χ0n) is 7.93. The van der Waals surface area contributed by atoms with E-state index in [0.717, 1.165) is 6.07 Å². The molecule has 2 nitrogen and oxygen atoms in total. The van der Waals surface area contributed by atoms with E-state index in [2.05, 4.69) is 4.74 Å². The maximum absolute atomic E-state index is 11.9. The predicted molar refractivity (Wildman–Crippen MR) is 47.2 cm³/mol. The highest BCUT2D eigenvalue weighted by molar-refractivity contribution is 5.43. The Balaban J connectivity index is 3.00. The summed E-state index contributed by atoms with van der Waals surface area (Å²) in [6.07, 6.45) is -4.13. The Labute approximate surface area is 84.9 Å². The fraction of sp³-hybridized carbons (Fsp3) is 0.300. The van der Waals surface area contributed by atoms with Crippen molar-refractivity contribution in [3.63, 3.8) is 0 Å². The van der Waals surface area contributed by atoms with Crippen molar-refractivity contribution in [2.75, 3.05) is 0 Å². The summed E-state index contributed by atoms with van der Waals surface area (Å²) < 4.78 is 39.3. The summed E-state index contributed by atoms with van der Waals surface area (Å²) in [4.78, 5) is 0. The number of halogens is 3. The number of hydrogen-bond donors (Lipinski definition) is 0. The van der Waals surface area contributed by atoms with Crippen LogP contribution in [0.2, 0.25) is 0 Å². The maximum atomic E-state index is 11.9. The maximum Gasteiger partial charge on any atom is 0.573 e. The summed E-state index contributed by atoms with van der Waals surface area (Å²) in [5.41, 5.74) is 0.909. The van der Waals surface area contributed by atoms with Crippen LogP contribution in [0.5, 0.6) is 5.75 Å². The van der Waals surface area contributed by atoms with Gasteiger partial charge in [0.1, 0.15) is 5.75 Å². The topological polar surface area (TPSA) is 33.0 Å². The monoisotopic (exact) mass is 215 g/mol. The van der Waals surface area contributed by atoms with E-state index in [-0.39, 0.29) is 11.3 Å². The zero-order valence-corrected chi connectivity index (χ0v) is 7.93. The molecular formula is C10H8F3NO. The Morgan fingerprint density at radius 1 is 1.40 bits per heavy atom. The van der Waals surface area contributed by atoms with Crippen LogP contribution in [0.3, 0.4) is 0 Å². The Bertz CT molecular complexity index is 393. The molecule has 0 heterocycles. The molecule has 15 heavy (non-hydrogen) atoms. The molecule has 1 aromatic rings. The van der Waals surface area contributed by atoms with E-state index in [1.54, 1.807) is 0 Å². The van der Waals surface area contributed by atoms with Gasteiger partial charge >= 0.3 is 6.36 Å². The lowest BCUT2D eigenvalue weighted by Gasteiger charge is -2.09. The van der Waals surface area contributed by atoms with Crippen LogP contribution in [0.4, 0.5) is 13.2 Å². The van der Waals surface area contributed by atoms with Gasteiger partial charge in [0.2, 0.25) is 0 Å². The van der Waals surface area contributed by atoms with Crippen LogP contribution < -0.4 is 4.74 Å². The van der Waals surface area contributed by atoms with Crippen molar-refractivity contribution in [1.29, 1.82) is 5.26 Å². The zero-order chi connectivity index (χ0) is 11.5. The number of hydrogen-bond acceptors (Lipinski definition) is 2. The molecule has 0 aliphatic carbocycles. The van der Waals surface area contributed by atoms with Gasteiger partial charge in [-0.15, -0.1) is 13.2 Å². The Morgan fingerprint density at radius 2 is 2.07 bits per heavy atom. The van der Waals surface area contributed by atoms with Crippen molar-refractivity contribution < 1.29 is 17.9 Å². The smallest absolute Gasteiger partial charge is 0.406 e. The first-order valence-electron chi connectivity index (χ1n) is 4.25. The largest absolute Gasteiger partial charge is 0.573 e. The Kier molecular flexibility index (Phi) is 3.20. The molecule has 1 rings (SSSR count). The van der Waals surface area contributed by atoms with Gasteiger partial charge in [-0.3, -0.25) is 0 Å². The third-order valence-corrected chi connectivity index (χ3v) is 1.82. The van der Waals surface area contributed by atoms with Crippen LogP contribution in [0.15, 0.2) is 18.2 Å². The highest BCUT2D eigenvalue weighted by Crippen LogP contribution is 2.24. The molecule has 0 N–H and O–H groups in total. The van der Waals surface area contributed by atoms with Gasteiger partial charge in [-0.25, -0.2) is 0 Å². The summed E-state index contributed by atoms with van der Waals surface area (Å²) in [7, 11) is 0. The number of nitriles is 1. The molecule has 0 aliphatic heterocycles. The second kappa shape index (κ2) is 4.22. The molecule has 5 heteroatoms. The molecule has 0 unspecified atom stereocenters. The number of rotatable bonds is 2. The van der Waals surface area contributed by atoms with E-state index in [1.807, 2.05) is 13.0 Å². The predicted octanol–water partition coefficient (Wildman–Crippen LogP) is 3.02. The van der Waals surface area contributed by atoms with E-state index in [1.165, 1.54) is 12.1 Å². The van der Waals surface area contributed by atoms with E-state index in [0.29, 0.717) is 12.0 Å². The number of ether oxygens (including phenoxy) is 1. The normalized spacial score (nSPS) is 10.9. The standard InChI is InChI=1S/C10H8F3NO/c1-2-7-3-4-9(5-8(7)6-14)15-10(11,12)13/h3-5H,2H2,1H3. The van der Waals surface area contributed by atoms with Crippen LogP contribution in [-0.4, -0.2) is 6.36 Å². The van der Waals surface area contributed by atoms with E-state index in [4.69, 9.17) is 5.26 Å². The highest BCUT2D eigenvalue weighted by atomic mass is 19.4. The molecule has 0 radical (unpaired) electrons. The second-order valence-electron chi connectivity index (χ2n) is 2.83. The number of benzene rings is 1. The third kappa shape index (κ3) is 3.17. The van der Waals surface area contributed by atoms with Crippen molar-refractivity contribution in [2.45, 2.75) is 19.7 Å². The number of alkyl halides is 3. The summed E-state index contributed by atoms with van der Waals surface area (Å²) in [5, 5.41) is 8.69. The molecule has 0 saturated heterocycles. The van der Waals surface area contributed by atoms with Gasteiger partial charge in [0, 0.05) is 0 Å². The lowest BCUT2D eigenvalue weighted by Crippen LogP contribution is -2.17. The molecule has 0 bridgehead atoms. The van der Waals surface area contributed by atoms with Crippen molar-refractivity contribution in [2.24, 2.45) is 0 Å². The molecule has 1 aromatic carbocycles. The average Bonchev–Trinajstić information content (AvgIpc) is 2.15. The van der Waals surface area contributed by atoms with Gasteiger partial charge in [-0.05, 0) is 24.1 Å². The SMILES string of the molecule is CCc1ccc(OC(F)(F)F)cc1C#N. The summed E-state index contributed by atoms with van der Waals surface area (Å²) in [5.74, 6) is -0.365. The van der Waals surface area contributed by atoms with Gasteiger partial charge in [0.25, 0.3) is 0 Å². The fourth-order valence-corrected chi connectivity index (χ4v) is 1.17. The first-order valence-corrected chi connectivity index (χ1v) is 4.25. The average molecular weight is 215 g/mol. The minimum Gasteiger partial charge on any atom is -0.406 e. The van der Waals surface area contributed by atoms with Crippen molar-refractivity contribution in [1.82, 2.24) is 0 Å². The molecule has 0 saturated carbocycles. The van der Waals surface area contributed by atoms with E-state index < -0.39 is 6.36 Å². The minimum atomic E-state index is -4.72. The minimum absolute atomic E-state index is 0.208. The molecule has 0 aromatic heterocycles. The van der Waals surface area contributed by atoms with Gasteiger partial charge in [-0.2, -0.15) is 5.26 Å². The van der Waals surface area contributed by atoms with Crippen LogP contribution in [0.1, 0.15) is 18.1 Å². The number of nitrogens with zero attached hydrogens (tertiary/aromatic N) is 1. The fourth-order valence-electron chi connectivity index (χ4n) is 1.17. The summed E-state index contributed by atoms with van der Waals surface area (Å²) in [6.45, 7) is 1.82. The molecule has 80 valence electrons.